The van der Waals surface area contributed by atoms with Gasteiger partial charge >= 0.3 is 0 Å². The van der Waals surface area contributed by atoms with E-state index in [1.54, 1.807) is 0 Å². The molecule has 138 valence electrons. The third-order valence-electron chi connectivity index (χ3n) is 5.29. The molecule has 2 aromatic rings. The average Bonchev–Trinajstić information content (AvgIpc) is 3.12. The van der Waals surface area contributed by atoms with E-state index < -0.39 is 0 Å². The second-order valence-electron chi connectivity index (χ2n) is 7.33. The van der Waals surface area contributed by atoms with Crippen LogP contribution in [0.1, 0.15) is 29.5 Å². The number of hydrogen-bond acceptors (Lipinski definition) is 2. The van der Waals surface area contributed by atoms with Gasteiger partial charge in [-0.05, 0) is 68.5 Å². The zero-order chi connectivity index (χ0) is 18.4. The van der Waals surface area contributed by atoms with Crippen molar-refractivity contribution in [3.05, 3.63) is 77.6 Å². The lowest BCUT2D eigenvalue weighted by Crippen LogP contribution is -2.23. The van der Waals surface area contributed by atoms with Crippen LogP contribution in [0.3, 0.4) is 0 Å². The van der Waals surface area contributed by atoms with E-state index in [9.17, 15) is 4.39 Å². The predicted octanol–water partition coefficient (Wildman–Crippen LogP) is 4.65. The van der Waals surface area contributed by atoms with Crippen LogP contribution >= 0.6 is 0 Å². The molecule has 1 aliphatic rings. The summed E-state index contributed by atoms with van der Waals surface area (Å²) in [6, 6.07) is 15.4. The summed E-state index contributed by atoms with van der Waals surface area (Å²) in [7, 11) is 0. The summed E-state index contributed by atoms with van der Waals surface area (Å²) in [4.78, 5) is 2.42. The fraction of sp³-hybridized carbons (Fsp3) is 0.391. The largest absolute Gasteiger partial charge is 0.371 e. The molecule has 0 aromatic heterocycles. The van der Waals surface area contributed by atoms with E-state index in [-0.39, 0.29) is 5.82 Å². The Kier molecular flexibility index (Phi) is 6.45. The minimum absolute atomic E-state index is 0.167. The van der Waals surface area contributed by atoms with Crippen molar-refractivity contribution in [1.29, 1.82) is 0 Å². The molecule has 2 nitrogen and oxygen atoms in total. The van der Waals surface area contributed by atoms with Crippen LogP contribution in [0.4, 0.5) is 4.39 Å². The average molecular weight is 352 g/mol. The lowest BCUT2D eigenvalue weighted by molar-refractivity contribution is 0.437. The first-order valence-electron chi connectivity index (χ1n) is 9.58. The van der Waals surface area contributed by atoms with Crippen LogP contribution in [-0.4, -0.2) is 31.1 Å². The molecule has 0 spiro atoms. The molecule has 2 aromatic carbocycles. The summed E-state index contributed by atoms with van der Waals surface area (Å²) in [6.45, 7) is 10.6. The molecule has 0 aliphatic carbocycles. The zero-order valence-electron chi connectivity index (χ0n) is 15.7. The topological polar surface area (TPSA) is 15.3 Å². The van der Waals surface area contributed by atoms with Crippen molar-refractivity contribution in [1.82, 2.24) is 10.2 Å². The highest BCUT2D eigenvalue weighted by molar-refractivity contribution is 5.62. The number of hydrogen-bond donors (Lipinski definition) is 1. The number of nitrogens with one attached hydrogen (secondary N) is 1. The quantitative estimate of drug-likeness (QED) is 0.696. The van der Waals surface area contributed by atoms with Gasteiger partial charge < -0.3 is 10.2 Å². The molecule has 1 aliphatic heterocycles. The standard InChI is InChI=1S/C23H29FN2/c1-18-3-7-22(8-4-18)19(2)26-16-13-21(17-26)12-15-25-14-11-20-5-9-23(24)10-6-20/h3-10,21,25H,2,11-17H2,1H3. The van der Waals surface area contributed by atoms with Crippen molar-refractivity contribution < 1.29 is 4.39 Å². The molecule has 1 fully saturated rings. The van der Waals surface area contributed by atoms with E-state index in [0.29, 0.717) is 0 Å². The molecule has 1 heterocycles. The van der Waals surface area contributed by atoms with Crippen LogP contribution in [0.5, 0.6) is 0 Å². The zero-order valence-corrected chi connectivity index (χ0v) is 15.7. The maximum Gasteiger partial charge on any atom is 0.123 e. The van der Waals surface area contributed by atoms with Crippen LogP contribution in [0.15, 0.2) is 55.1 Å². The molecule has 1 saturated heterocycles. The molecule has 1 unspecified atom stereocenters. The van der Waals surface area contributed by atoms with Crippen molar-refractivity contribution in [3.63, 3.8) is 0 Å². The van der Waals surface area contributed by atoms with Gasteiger partial charge in [0.1, 0.15) is 5.82 Å². The van der Waals surface area contributed by atoms with Gasteiger partial charge in [0.2, 0.25) is 0 Å². The Morgan fingerprint density at radius 2 is 1.85 bits per heavy atom. The molecule has 1 atom stereocenters. The highest BCUT2D eigenvalue weighted by atomic mass is 19.1. The minimum Gasteiger partial charge on any atom is -0.371 e. The number of aryl methyl sites for hydroxylation is 1. The number of benzene rings is 2. The second-order valence-corrected chi connectivity index (χ2v) is 7.33. The van der Waals surface area contributed by atoms with Gasteiger partial charge in [-0.25, -0.2) is 4.39 Å². The highest BCUT2D eigenvalue weighted by Crippen LogP contribution is 2.27. The van der Waals surface area contributed by atoms with Crippen LogP contribution < -0.4 is 5.32 Å². The lowest BCUT2D eigenvalue weighted by Gasteiger charge is -2.21. The Morgan fingerprint density at radius 1 is 1.12 bits per heavy atom. The predicted molar refractivity (Wildman–Crippen MR) is 107 cm³/mol. The van der Waals surface area contributed by atoms with Gasteiger partial charge in [0.05, 0.1) is 0 Å². The van der Waals surface area contributed by atoms with Crippen LogP contribution in [0, 0.1) is 18.7 Å². The molecule has 0 radical (unpaired) electrons. The van der Waals surface area contributed by atoms with Crippen LogP contribution in [0.2, 0.25) is 0 Å². The second kappa shape index (κ2) is 9.00. The summed E-state index contributed by atoms with van der Waals surface area (Å²) in [6.07, 6.45) is 3.38. The summed E-state index contributed by atoms with van der Waals surface area (Å²) in [5.74, 6) is 0.565. The van der Waals surface area contributed by atoms with E-state index in [2.05, 4.69) is 48.0 Å². The van der Waals surface area contributed by atoms with Crippen molar-refractivity contribution in [2.24, 2.45) is 5.92 Å². The Morgan fingerprint density at radius 3 is 2.58 bits per heavy atom. The van der Waals surface area contributed by atoms with Gasteiger partial charge in [-0.1, -0.05) is 48.5 Å². The van der Waals surface area contributed by atoms with Crippen molar-refractivity contribution >= 4 is 5.70 Å². The first-order valence-corrected chi connectivity index (χ1v) is 9.58. The molecule has 0 saturated carbocycles. The van der Waals surface area contributed by atoms with E-state index in [1.165, 1.54) is 41.7 Å². The summed E-state index contributed by atoms with van der Waals surface area (Å²) in [5, 5.41) is 3.52. The summed E-state index contributed by atoms with van der Waals surface area (Å²) in [5.41, 5.74) is 4.85. The van der Waals surface area contributed by atoms with Crippen molar-refractivity contribution in [2.75, 3.05) is 26.2 Å². The lowest BCUT2D eigenvalue weighted by atomic mass is 10.0. The van der Waals surface area contributed by atoms with Gasteiger partial charge in [-0.2, -0.15) is 0 Å². The fourth-order valence-electron chi connectivity index (χ4n) is 3.56. The third-order valence-corrected chi connectivity index (χ3v) is 5.29. The van der Waals surface area contributed by atoms with Crippen molar-refractivity contribution in [3.8, 4) is 0 Å². The normalized spacial score (nSPS) is 16.8. The Labute approximate surface area is 156 Å². The summed E-state index contributed by atoms with van der Waals surface area (Å²) < 4.78 is 12.9. The van der Waals surface area contributed by atoms with E-state index >= 15 is 0 Å². The fourth-order valence-corrected chi connectivity index (χ4v) is 3.56. The first-order chi connectivity index (χ1) is 12.6. The smallest absolute Gasteiger partial charge is 0.123 e. The highest BCUT2D eigenvalue weighted by Gasteiger charge is 2.23. The van der Waals surface area contributed by atoms with Gasteiger partial charge in [0.15, 0.2) is 0 Å². The van der Waals surface area contributed by atoms with Crippen LogP contribution in [-0.2, 0) is 6.42 Å². The Bertz CT molecular complexity index is 706. The monoisotopic (exact) mass is 352 g/mol. The Balaban J connectivity index is 1.35. The Hall–Kier alpha value is -2.13. The molecule has 3 heteroatoms. The van der Waals surface area contributed by atoms with E-state index in [4.69, 9.17) is 0 Å². The van der Waals surface area contributed by atoms with E-state index in [0.717, 1.165) is 44.2 Å². The SMILES string of the molecule is C=C(c1ccc(C)cc1)N1CCC(CCNCCc2ccc(F)cc2)C1. The molecular weight excluding hydrogens is 323 g/mol. The third kappa shape index (κ3) is 5.18. The van der Waals surface area contributed by atoms with E-state index in [1.807, 2.05) is 12.1 Å². The minimum atomic E-state index is -0.167. The maximum atomic E-state index is 12.9. The van der Waals surface area contributed by atoms with Crippen molar-refractivity contribution in [2.45, 2.75) is 26.2 Å². The first kappa shape index (κ1) is 18.7. The molecule has 1 N–H and O–H groups in total. The molecular formula is C23H29FN2. The molecule has 0 amide bonds. The number of rotatable bonds is 8. The van der Waals surface area contributed by atoms with Gasteiger partial charge in [-0.3, -0.25) is 0 Å². The van der Waals surface area contributed by atoms with Gasteiger partial charge in [-0.15, -0.1) is 0 Å². The van der Waals surface area contributed by atoms with Gasteiger partial charge in [0, 0.05) is 18.8 Å². The maximum absolute atomic E-state index is 12.9. The number of halogens is 1. The molecule has 26 heavy (non-hydrogen) atoms. The van der Waals surface area contributed by atoms with Crippen LogP contribution in [0.25, 0.3) is 5.70 Å². The summed E-state index contributed by atoms with van der Waals surface area (Å²) >= 11 is 0. The van der Waals surface area contributed by atoms with Gasteiger partial charge in [0.25, 0.3) is 0 Å². The number of likely N-dealkylation sites (tertiary alicyclic amines) is 1. The molecule has 3 rings (SSSR count). The molecule has 0 bridgehead atoms. The number of nitrogens with zero attached hydrogens (tertiary/aromatic N) is 1.